The largest absolute Gasteiger partial charge is 0.352 e. The monoisotopic (exact) mass is 300 g/mol. The quantitative estimate of drug-likeness (QED) is 0.686. The molecule has 0 atom stereocenters. The summed E-state index contributed by atoms with van der Waals surface area (Å²) in [5.41, 5.74) is 0.169. The molecule has 92 valence electrons. The highest BCUT2D eigenvalue weighted by molar-refractivity contribution is 9.10. The van der Waals surface area contributed by atoms with Crippen molar-refractivity contribution >= 4 is 27.5 Å². The zero-order chi connectivity index (χ0) is 13.0. The maximum absolute atomic E-state index is 11.8. The summed E-state index contributed by atoms with van der Waals surface area (Å²) in [4.78, 5) is 22.0. The van der Waals surface area contributed by atoms with E-state index >= 15 is 0 Å². The van der Waals surface area contributed by atoms with Crippen molar-refractivity contribution in [3.8, 4) is 0 Å². The number of nitrogens with zero attached hydrogens (tertiary/aromatic N) is 1. The van der Waals surface area contributed by atoms with E-state index < -0.39 is 4.92 Å². The highest BCUT2D eigenvalue weighted by Crippen LogP contribution is 2.28. The Bertz CT molecular complexity index is 446. The number of nitro groups is 1. The van der Waals surface area contributed by atoms with E-state index in [0.717, 1.165) is 0 Å². The van der Waals surface area contributed by atoms with Crippen LogP contribution in [0.1, 0.15) is 24.2 Å². The molecule has 0 heterocycles. The molecule has 0 saturated heterocycles. The van der Waals surface area contributed by atoms with Gasteiger partial charge in [-0.2, -0.15) is 0 Å². The Morgan fingerprint density at radius 2 is 2.18 bits per heavy atom. The molecule has 0 spiro atoms. The molecule has 1 amide bonds. The van der Waals surface area contributed by atoms with Gasteiger partial charge >= 0.3 is 0 Å². The Morgan fingerprint density at radius 1 is 1.53 bits per heavy atom. The summed E-state index contributed by atoms with van der Waals surface area (Å²) in [6.45, 7) is 4.49. The number of carbonyl (C=O) groups excluding carboxylic acids is 1. The molecule has 1 N–H and O–H groups in total. The van der Waals surface area contributed by atoms with Crippen molar-refractivity contribution in [1.29, 1.82) is 0 Å². The van der Waals surface area contributed by atoms with Crippen LogP contribution in [0.3, 0.4) is 0 Å². The third-order valence-corrected chi connectivity index (χ3v) is 2.92. The van der Waals surface area contributed by atoms with Crippen molar-refractivity contribution in [3.63, 3.8) is 0 Å². The Kier molecular flexibility index (Phi) is 4.62. The molecule has 0 radical (unpaired) electrons. The smallest absolute Gasteiger partial charge is 0.284 e. The number of benzene rings is 1. The lowest BCUT2D eigenvalue weighted by Gasteiger charge is -2.08. The summed E-state index contributed by atoms with van der Waals surface area (Å²) in [6.07, 6.45) is 0. The Labute approximate surface area is 107 Å². The van der Waals surface area contributed by atoms with Gasteiger partial charge in [0.25, 0.3) is 11.6 Å². The van der Waals surface area contributed by atoms with Gasteiger partial charge in [-0.05, 0) is 27.9 Å². The van der Waals surface area contributed by atoms with Gasteiger partial charge in [0, 0.05) is 12.6 Å². The molecule has 1 aromatic rings. The predicted molar refractivity (Wildman–Crippen MR) is 68.0 cm³/mol. The molecule has 0 aliphatic rings. The first kappa shape index (κ1) is 13.6. The minimum Gasteiger partial charge on any atom is -0.352 e. The van der Waals surface area contributed by atoms with Crippen LogP contribution in [-0.4, -0.2) is 17.4 Å². The van der Waals surface area contributed by atoms with Gasteiger partial charge in [-0.3, -0.25) is 14.9 Å². The average molecular weight is 301 g/mol. The lowest BCUT2D eigenvalue weighted by molar-refractivity contribution is -0.385. The van der Waals surface area contributed by atoms with E-state index in [1.807, 2.05) is 13.8 Å². The maximum Gasteiger partial charge on any atom is 0.284 e. The first-order valence-corrected chi connectivity index (χ1v) is 5.94. The SMILES string of the molecule is CC(C)CNC(=O)c1cccc([N+](=O)[O-])c1Br. The summed E-state index contributed by atoms with van der Waals surface area (Å²) in [5, 5.41) is 13.4. The normalized spacial score (nSPS) is 10.4. The van der Waals surface area contributed by atoms with Gasteiger partial charge in [0.1, 0.15) is 4.47 Å². The van der Waals surface area contributed by atoms with E-state index in [-0.39, 0.29) is 21.6 Å². The summed E-state index contributed by atoms with van der Waals surface area (Å²) >= 11 is 3.09. The number of carbonyl (C=O) groups is 1. The van der Waals surface area contributed by atoms with Gasteiger partial charge < -0.3 is 5.32 Å². The number of hydrogen-bond donors (Lipinski definition) is 1. The zero-order valence-electron chi connectivity index (χ0n) is 9.57. The molecule has 1 aromatic carbocycles. The second-order valence-electron chi connectivity index (χ2n) is 4.00. The minimum absolute atomic E-state index is 0.109. The summed E-state index contributed by atoms with van der Waals surface area (Å²) in [6, 6.07) is 4.39. The van der Waals surface area contributed by atoms with Crippen molar-refractivity contribution in [3.05, 3.63) is 38.3 Å². The highest BCUT2D eigenvalue weighted by atomic mass is 79.9. The van der Waals surface area contributed by atoms with Crippen LogP contribution >= 0.6 is 15.9 Å². The van der Waals surface area contributed by atoms with Crippen LogP contribution < -0.4 is 5.32 Å². The molecule has 0 aliphatic heterocycles. The van der Waals surface area contributed by atoms with Crippen LogP contribution in [0, 0.1) is 16.0 Å². The number of amides is 1. The third kappa shape index (κ3) is 3.52. The molecular weight excluding hydrogens is 288 g/mol. The van der Waals surface area contributed by atoms with Gasteiger partial charge in [-0.15, -0.1) is 0 Å². The highest BCUT2D eigenvalue weighted by Gasteiger charge is 2.19. The van der Waals surface area contributed by atoms with E-state index in [1.54, 1.807) is 6.07 Å². The minimum atomic E-state index is -0.524. The number of hydrogen-bond acceptors (Lipinski definition) is 3. The number of rotatable bonds is 4. The summed E-state index contributed by atoms with van der Waals surface area (Å²) in [5.74, 6) is 0.0192. The van der Waals surface area contributed by atoms with Crippen molar-refractivity contribution in [1.82, 2.24) is 5.32 Å². The van der Waals surface area contributed by atoms with E-state index in [4.69, 9.17) is 0 Å². The van der Waals surface area contributed by atoms with Crippen LogP contribution in [0.5, 0.6) is 0 Å². The first-order valence-electron chi connectivity index (χ1n) is 5.14. The van der Waals surface area contributed by atoms with Gasteiger partial charge in [0.2, 0.25) is 0 Å². The third-order valence-electron chi connectivity index (χ3n) is 2.09. The molecule has 6 heteroatoms. The molecular formula is C11H13BrN2O3. The molecule has 1 rings (SSSR count). The Hall–Kier alpha value is -1.43. The second-order valence-corrected chi connectivity index (χ2v) is 4.79. The number of nitrogens with one attached hydrogen (secondary N) is 1. The van der Waals surface area contributed by atoms with Crippen LogP contribution in [0.25, 0.3) is 0 Å². The fraction of sp³-hybridized carbons (Fsp3) is 0.364. The van der Waals surface area contributed by atoms with Gasteiger partial charge in [-0.25, -0.2) is 0 Å². The van der Waals surface area contributed by atoms with E-state index in [1.165, 1.54) is 12.1 Å². The summed E-state index contributed by atoms with van der Waals surface area (Å²) in [7, 11) is 0. The van der Waals surface area contributed by atoms with Gasteiger partial charge in [0.15, 0.2) is 0 Å². The molecule has 0 fully saturated rings. The fourth-order valence-electron chi connectivity index (χ4n) is 1.23. The molecule has 0 aliphatic carbocycles. The molecule has 5 nitrogen and oxygen atoms in total. The van der Waals surface area contributed by atoms with Crippen LogP contribution in [-0.2, 0) is 0 Å². The Morgan fingerprint density at radius 3 is 2.71 bits per heavy atom. The lowest BCUT2D eigenvalue weighted by Crippen LogP contribution is -2.27. The topological polar surface area (TPSA) is 72.2 Å². The zero-order valence-corrected chi connectivity index (χ0v) is 11.2. The van der Waals surface area contributed by atoms with Crippen molar-refractivity contribution in [2.75, 3.05) is 6.54 Å². The van der Waals surface area contributed by atoms with E-state index in [9.17, 15) is 14.9 Å². The predicted octanol–water partition coefficient (Wildman–Crippen LogP) is 2.74. The average Bonchev–Trinajstić information content (AvgIpc) is 2.25. The molecule has 0 saturated carbocycles. The number of nitro benzene ring substituents is 1. The molecule has 0 bridgehead atoms. The lowest BCUT2D eigenvalue weighted by atomic mass is 10.1. The van der Waals surface area contributed by atoms with Gasteiger partial charge in [-0.1, -0.05) is 19.9 Å². The number of halogens is 1. The maximum atomic E-state index is 11.8. The van der Waals surface area contributed by atoms with Crippen molar-refractivity contribution in [2.45, 2.75) is 13.8 Å². The van der Waals surface area contributed by atoms with Crippen LogP contribution in [0.2, 0.25) is 0 Å². The molecule has 0 unspecified atom stereocenters. The van der Waals surface area contributed by atoms with Crippen LogP contribution in [0.15, 0.2) is 22.7 Å². The van der Waals surface area contributed by atoms with E-state index in [0.29, 0.717) is 12.5 Å². The van der Waals surface area contributed by atoms with Crippen LogP contribution in [0.4, 0.5) is 5.69 Å². The molecule has 17 heavy (non-hydrogen) atoms. The van der Waals surface area contributed by atoms with Crippen molar-refractivity contribution in [2.24, 2.45) is 5.92 Å². The van der Waals surface area contributed by atoms with Gasteiger partial charge in [0.05, 0.1) is 10.5 Å². The molecule has 0 aromatic heterocycles. The standard InChI is InChI=1S/C11H13BrN2O3/c1-7(2)6-13-11(15)8-4-3-5-9(10(8)12)14(16)17/h3-5,7H,6H2,1-2H3,(H,13,15). The first-order chi connectivity index (χ1) is 7.93. The fourth-order valence-corrected chi connectivity index (χ4v) is 1.82. The van der Waals surface area contributed by atoms with E-state index in [2.05, 4.69) is 21.2 Å². The second kappa shape index (κ2) is 5.77. The Balaban J connectivity index is 2.95. The van der Waals surface area contributed by atoms with Crippen molar-refractivity contribution < 1.29 is 9.72 Å². The summed E-state index contributed by atoms with van der Waals surface area (Å²) < 4.78 is 0.214.